The Hall–Kier alpha value is -3.49. The normalized spacial score (nSPS) is 16.5. The number of hydrogen-bond acceptors (Lipinski definition) is 4. The second-order valence-electron chi connectivity index (χ2n) is 11.5. The summed E-state index contributed by atoms with van der Waals surface area (Å²) in [5, 5.41) is 2.13. The second kappa shape index (κ2) is 16.6. The van der Waals surface area contributed by atoms with E-state index in [0.29, 0.717) is 5.56 Å². The van der Waals surface area contributed by atoms with Crippen LogP contribution in [0.5, 0.6) is 0 Å². The standard InChI is InChI=1S/C15H14F3NO.C11H16F6N2O.C6H10O/c1-10-4-3-5-11(8-10)9-12-13(15(16,17)18)6-7-19(2)14(12)20;1-2-18-8(20)9(11(15,16)17)3-5-19(6-4-9)7-10(12,13)14;1-7-5-6-3-2-4-6/h3-8H,9H2,1-2H3;2-7H2,1H3,(H,18,20);5H,2-4H2,1H3. The maximum absolute atomic E-state index is 13.1. The first-order valence-electron chi connectivity index (χ1n) is 14.9. The quantitative estimate of drug-likeness (QED) is 0.256. The van der Waals surface area contributed by atoms with Gasteiger partial charge in [-0.1, -0.05) is 29.8 Å². The lowest BCUT2D eigenvalue weighted by molar-refractivity contribution is -0.235. The number of aromatic nitrogens is 1. The minimum Gasteiger partial charge on any atom is -0.504 e. The average molecular weight is 686 g/mol. The lowest BCUT2D eigenvalue weighted by atomic mass is 9.76. The van der Waals surface area contributed by atoms with Crippen molar-refractivity contribution in [3.63, 3.8) is 0 Å². The Morgan fingerprint density at radius 1 is 1.02 bits per heavy atom. The fourth-order valence-corrected chi connectivity index (χ4v) is 5.13. The third-order valence-electron chi connectivity index (χ3n) is 7.84. The molecule has 1 aliphatic carbocycles. The van der Waals surface area contributed by atoms with Gasteiger partial charge in [-0.05, 0) is 76.2 Å². The number of aryl methyl sites for hydroxylation is 2. The Labute approximate surface area is 267 Å². The third-order valence-corrected chi connectivity index (χ3v) is 7.84. The van der Waals surface area contributed by atoms with Crippen LogP contribution in [0.2, 0.25) is 0 Å². The number of alkyl halides is 9. The summed E-state index contributed by atoms with van der Waals surface area (Å²) in [7, 11) is 3.15. The van der Waals surface area contributed by atoms with Gasteiger partial charge in [0, 0.05) is 31.8 Å². The summed E-state index contributed by atoms with van der Waals surface area (Å²) in [6, 6.07) is 8.08. The van der Waals surface area contributed by atoms with E-state index in [1.807, 2.05) is 19.3 Å². The number of methoxy groups -OCH3 is 1. The van der Waals surface area contributed by atoms with Crippen LogP contribution >= 0.6 is 0 Å². The van der Waals surface area contributed by atoms with E-state index in [4.69, 9.17) is 4.74 Å². The van der Waals surface area contributed by atoms with Crippen molar-refractivity contribution in [1.82, 2.24) is 14.8 Å². The first kappa shape index (κ1) is 39.7. The van der Waals surface area contributed by atoms with E-state index in [2.05, 4.69) is 5.32 Å². The number of carbonyl (C=O) groups excluding carboxylic acids is 1. The number of rotatable bonds is 6. The summed E-state index contributed by atoms with van der Waals surface area (Å²) in [4.78, 5) is 24.6. The molecule has 1 saturated carbocycles. The smallest absolute Gasteiger partial charge is 0.416 e. The number of allylic oxidation sites excluding steroid dienone is 1. The van der Waals surface area contributed by atoms with Crippen LogP contribution in [-0.4, -0.2) is 61.0 Å². The Morgan fingerprint density at radius 2 is 1.64 bits per heavy atom. The minimum atomic E-state index is -4.77. The third kappa shape index (κ3) is 11.6. The van der Waals surface area contributed by atoms with Crippen molar-refractivity contribution >= 4 is 5.91 Å². The number of benzene rings is 1. The van der Waals surface area contributed by atoms with Gasteiger partial charge in [-0.15, -0.1) is 0 Å². The lowest BCUT2D eigenvalue weighted by Gasteiger charge is -2.41. The lowest BCUT2D eigenvalue weighted by Crippen LogP contribution is -2.57. The molecule has 1 aliphatic heterocycles. The zero-order valence-corrected chi connectivity index (χ0v) is 26.6. The average Bonchev–Trinajstić information content (AvgIpc) is 2.92. The largest absolute Gasteiger partial charge is 0.504 e. The molecule has 6 nitrogen and oxygen atoms in total. The number of likely N-dealkylation sites (tertiary alicyclic amines) is 1. The zero-order chi connectivity index (χ0) is 35.6. The van der Waals surface area contributed by atoms with Crippen molar-refractivity contribution in [2.45, 2.75) is 70.9 Å². The van der Waals surface area contributed by atoms with E-state index >= 15 is 0 Å². The Balaban J connectivity index is 0.000000271. The molecule has 1 saturated heterocycles. The summed E-state index contributed by atoms with van der Waals surface area (Å²) >= 11 is 0. The monoisotopic (exact) mass is 685 g/mol. The first-order chi connectivity index (χ1) is 21.7. The molecule has 47 heavy (non-hydrogen) atoms. The van der Waals surface area contributed by atoms with Crippen molar-refractivity contribution in [1.29, 1.82) is 0 Å². The number of hydrogen-bond donors (Lipinski definition) is 1. The van der Waals surface area contributed by atoms with E-state index in [1.165, 1.54) is 43.4 Å². The predicted octanol–water partition coefficient (Wildman–Crippen LogP) is 7.33. The number of carbonyl (C=O) groups is 1. The van der Waals surface area contributed by atoms with Gasteiger partial charge >= 0.3 is 18.5 Å². The van der Waals surface area contributed by atoms with E-state index in [-0.39, 0.29) is 18.5 Å². The first-order valence-corrected chi connectivity index (χ1v) is 14.9. The number of nitrogens with zero attached hydrogens (tertiary/aromatic N) is 2. The van der Waals surface area contributed by atoms with Gasteiger partial charge < -0.3 is 14.6 Å². The predicted molar refractivity (Wildman–Crippen MR) is 159 cm³/mol. The van der Waals surface area contributed by atoms with Gasteiger partial charge in [-0.25, -0.2) is 0 Å². The molecule has 0 atom stereocenters. The van der Waals surface area contributed by atoms with Crippen LogP contribution in [0.1, 0.15) is 61.3 Å². The van der Waals surface area contributed by atoms with E-state index in [1.54, 1.807) is 25.3 Å². The fraction of sp³-hybridized carbons (Fsp3) is 0.562. The van der Waals surface area contributed by atoms with Crippen molar-refractivity contribution < 1.29 is 49.0 Å². The number of amides is 1. The van der Waals surface area contributed by atoms with Crippen LogP contribution in [-0.2, 0) is 29.2 Å². The van der Waals surface area contributed by atoms with Crippen LogP contribution < -0.4 is 10.9 Å². The maximum Gasteiger partial charge on any atom is 0.416 e. The van der Waals surface area contributed by atoms with Crippen LogP contribution in [0.25, 0.3) is 0 Å². The highest BCUT2D eigenvalue weighted by Gasteiger charge is 2.60. The molecule has 1 aromatic heterocycles. The van der Waals surface area contributed by atoms with Crippen molar-refractivity contribution in [2.24, 2.45) is 12.5 Å². The summed E-state index contributed by atoms with van der Waals surface area (Å²) in [6.45, 7) is 1.32. The molecule has 4 rings (SSSR count). The number of piperidine rings is 1. The van der Waals surface area contributed by atoms with Crippen molar-refractivity contribution in [3.8, 4) is 0 Å². The number of nitrogens with one attached hydrogen (secondary N) is 1. The summed E-state index contributed by atoms with van der Waals surface area (Å²) in [5.41, 5.74) is -1.16. The molecule has 2 heterocycles. The molecular formula is C32H40F9N3O3. The van der Waals surface area contributed by atoms with E-state index in [9.17, 15) is 49.1 Å². The molecule has 0 unspecified atom stereocenters. The maximum atomic E-state index is 13.1. The van der Waals surface area contributed by atoms with Crippen LogP contribution in [0, 0.1) is 12.3 Å². The molecule has 0 spiro atoms. The molecule has 0 radical (unpaired) electrons. The van der Waals surface area contributed by atoms with Crippen molar-refractivity contribution in [3.05, 3.63) is 81.0 Å². The molecule has 0 bridgehead atoms. The fourth-order valence-electron chi connectivity index (χ4n) is 5.13. The van der Waals surface area contributed by atoms with E-state index in [0.717, 1.165) is 22.7 Å². The van der Waals surface area contributed by atoms with Gasteiger partial charge in [0.05, 0.1) is 25.5 Å². The van der Waals surface area contributed by atoms with Crippen LogP contribution in [0.4, 0.5) is 39.5 Å². The van der Waals surface area contributed by atoms with Gasteiger partial charge in [0.15, 0.2) is 0 Å². The summed E-state index contributed by atoms with van der Waals surface area (Å²) in [6.07, 6.45) is -8.21. The zero-order valence-electron chi connectivity index (χ0n) is 26.6. The van der Waals surface area contributed by atoms with Gasteiger partial charge in [0.25, 0.3) is 5.56 Å². The number of ether oxygens (including phenoxy) is 1. The SMILES string of the molecule is CCNC(=O)C1(C(F)(F)F)CCN(CC(F)(F)F)CC1.COC=C1CCC1.Cc1cccc(Cc2c(C(F)(F)F)ccn(C)c2=O)c1. The Bertz CT molecular complexity index is 1400. The highest BCUT2D eigenvalue weighted by molar-refractivity contribution is 5.83. The molecule has 2 fully saturated rings. The molecule has 1 amide bonds. The molecule has 264 valence electrons. The highest BCUT2D eigenvalue weighted by atomic mass is 19.4. The summed E-state index contributed by atoms with van der Waals surface area (Å²) in [5.74, 6) is -1.15. The molecule has 15 heteroatoms. The van der Waals surface area contributed by atoms with E-state index < -0.39 is 73.4 Å². The Kier molecular flexibility index (Phi) is 14.0. The van der Waals surface area contributed by atoms with Gasteiger partial charge in [0.2, 0.25) is 5.91 Å². The molecule has 1 N–H and O–H groups in total. The molecule has 1 aromatic carbocycles. The number of pyridine rings is 1. The topological polar surface area (TPSA) is 63.6 Å². The summed E-state index contributed by atoms with van der Waals surface area (Å²) < 4.78 is 121. The van der Waals surface area contributed by atoms with Gasteiger partial charge in [0.1, 0.15) is 5.41 Å². The van der Waals surface area contributed by atoms with Gasteiger partial charge in [-0.3, -0.25) is 14.5 Å². The molecular weight excluding hydrogens is 645 g/mol. The Morgan fingerprint density at radius 3 is 2.06 bits per heavy atom. The van der Waals surface area contributed by atoms with Crippen LogP contribution in [0.3, 0.4) is 0 Å². The van der Waals surface area contributed by atoms with Gasteiger partial charge in [-0.2, -0.15) is 39.5 Å². The number of halogens is 9. The highest BCUT2D eigenvalue weighted by Crippen LogP contribution is 2.46. The van der Waals surface area contributed by atoms with Crippen LogP contribution in [0.15, 0.2) is 53.2 Å². The van der Waals surface area contributed by atoms with Crippen molar-refractivity contribution in [2.75, 3.05) is 33.3 Å². The molecule has 2 aliphatic rings. The second-order valence-corrected chi connectivity index (χ2v) is 11.5. The molecule has 2 aromatic rings. The minimum absolute atomic E-state index is 0.0238.